The maximum Gasteiger partial charge on any atom is 0.215 e. The Bertz CT molecular complexity index is 911. The second kappa shape index (κ2) is 8.21. The molecule has 3 aromatic rings. The van der Waals surface area contributed by atoms with Crippen molar-refractivity contribution in [2.75, 3.05) is 5.75 Å². The minimum absolute atomic E-state index is 0.365. The Morgan fingerprint density at radius 3 is 2.28 bits per heavy atom. The summed E-state index contributed by atoms with van der Waals surface area (Å²) in [6.45, 7) is 2.03. The second-order valence-electron chi connectivity index (χ2n) is 5.63. The van der Waals surface area contributed by atoms with Crippen LogP contribution in [-0.4, -0.2) is 14.2 Å². The van der Waals surface area contributed by atoms with Gasteiger partial charge in [-0.1, -0.05) is 37.3 Å². The number of rotatable bonds is 7. The first kappa shape index (κ1) is 18.2. The van der Waals surface area contributed by atoms with Crippen LogP contribution in [0.2, 0.25) is 0 Å². The van der Waals surface area contributed by atoms with Crippen LogP contribution in [0.15, 0.2) is 80.7 Å². The van der Waals surface area contributed by atoms with Gasteiger partial charge in [0, 0.05) is 15.5 Å². The van der Waals surface area contributed by atoms with E-state index in [1.54, 1.807) is 30.0 Å². The molecule has 0 aliphatic carbocycles. The third-order valence-electron chi connectivity index (χ3n) is 3.89. The van der Waals surface area contributed by atoms with Crippen molar-refractivity contribution in [1.29, 1.82) is 0 Å². The number of hydrogen-bond donors (Lipinski definition) is 0. The number of sulfone groups is 1. The number of thioether (sulfide) groups is 1. The average Bonchev–Trinajstić information content (AvgIpc) is 3.13. The van der Waals surface area contributed by atoms with Gasteiger partial charge in [0.2, 0.25) is 9.84 Å². The molecule has 0 spiro atoms. The standard InChI is InChI=1S/C20H20O2S3/c1-2-17-10-13-20(24-17)25(21,22)19-11-8-18(9-12-19)23-15-14-16-6-4-3-5-7-16/h3-13H,2,14-15H2,1H3. The van der Waals surface area contributed by atoms with E-state index in [9.17, 15) is 8.42 Å². The molecule has 0 saturated heterocycles. The van der Waals surface area contributed by atoms with E-state index in [0.29, 0.717) is 9.10 Å². The minimum Gasteiger partial charge on any atom is -0.218 e. The molecule has 2 nitrogen and oxygen atoms in total. The molecule has 0 amide bonds. The molecule has 0 fully saturated rings. The summed E-state index contributed by atoms with van der Waals surface area (Å²) in [5, 5.41) is 0. The monoisotopic (exact) mass is 388 g/mol. The lowest BCUT2D eigenvalue weighted by atomic mass is 10.2. The molecule has 0 aliphatic heterocycles. The molecule has 1 heterocycles. The van der Waals surface area contributed by atoms with Crippen LogP contribution >= 0.6 is 23.1 Å². The number of aryl methyl sites for hydroxylation is 2. The summed E-state index contributed by atoms with van der Waals surface area (Å²) in [7, 11) is -3.40. The molecule has 5 heteroatoms. The molecule has 0 saturated carbocycles. The van der Waals surface area contributed by atoms with Crippen LogP contribution in [-0.2, 0) is 22.7 Å². The molecule has 0 N–H and O–H groups in total. The Labute approximate surface area is 157 Å². The fourth-order valence-corrected chi connectivity index (χ4v) is 6.05. The highest BCUT2D eigenvalue weighted by Gasteiger charge is 2.19. The minimum atomic E-state index is -3.40. The lowest BCUT2D eigenvalue weighted by molar-refractivity contribution is 0.598. The van der Waals surface area contributed by atoms with Gasteiger partial charge < -0.3 is 0 Å². The topological polar surface area (TPSA) is 34.1 Å². The van der Waals surface area contributed by atoms with Crippen LogP contribution in [0.25, 0.3) is 0 Å². The molecule has 0 bridgehead atoms. The predicted octanol–water partition coefficient (Wildman–Crippen LogP) is 5.48. The van der Waals surface area contributed by atoms with E-state index in [0.717, 1.165) is 28.4 Å². The first-order chi connectivity index (χ1) is 12.1. The Hall–Kier alpha value is -1.56. The third kappa shape index (κ3) is 4.54. The SMILES string of the molecule is CCc1ccc(S(=O)(=O)c2ccc(SCCc3ccccc3)cc2)s1. The van der Waals surface area contributed by atoms with Gasteiger partial charge >= 0.3 is 0 Å². The van der Waals surface area contributed by atoms with Crippen molar-refractivity contribution < 1.29 is 8.42 Å². The summed E-state index contributed by atoms with van der Waals surface area (Å²) in [5.74, 6) is 0.973. The van der Waals surface area contributed by atoms with E-state index < -0.39 is 9.84 Å². The van der Waals surface area contributed by atoms with Gasteiger partial charge in [0.1, 0.15) is 4.21 Å². The van der Waals surface area contributed by atoms with Crippen molar-refractivity contribution >= 4 is 32.9 Å². The molecule has 0 radical (unpaired) electrons. The third-order valence-corrected chi connectivity index (χ3v) is 8.39. The average molecular weight is 389 g/mol. The predicted molar refractivity (Wildman–Crippen MR) is 106 cm³/mol. The maximum atomic E-state index is 12.7. The largest absolute Gasteiger partial charge is 0.218 e. The second-order valence-corrected chi connectivity index (χ2v) is 10.1. The summed E-state index contributed by atoms with van der Waals surface area (Å²) in [6.07, 6.45) is 1.86. The Morgan fingerprint density at radius 2 is 1.64 bits per heavy atom. The molecule has 1 aromatic heterocycles. The Kier molecular flexibility index (Phi) is 5.99. The number of thiophene rings is 1. The van der Waals surface area contributed by atoms with Gasteiger partial charge in [0.25, 0.3) is 0 Å². The van der Waals surface area contributed by atoms with E-state index in [1.165, 1.54) is 16.9 Å². The summed E-state index contributed by atoms with van der Waals surface area (Å²) in [4.78, 5) is 2.55. The molecule has 0 atom stereocenters. The molecule has 3 rings (SSSR count). The first-order valence-electron chi connectivity index (χ1n) is 8.20. The Morgan fingerprint density at radius 1 is 0.920 bits per heavy atom. The van der Waals surface area contributed by atoms with E-state index in [4.69, 9.17) is 0 Å². The van der Waals surface area contributed by atoms with Crippen molar-refractivity contribution in [2.45, 2.75) is 33.8 Å². The van der Waals surface area contributed by atoms with Crippen LogP contribution in [0, 0.1) is 0 Å². The van der Waals surface area contributed by atoms with Gasteiger partial charge in [-0.2, -0.15) is 0 Å². The van der Waals surface area contributed by atoms with Gasteiger partial charge in [-0.25, -0.2) is 8.42 Å². The first-order valence-corrected chi connectivity index (χ1v) is 11.5. The van der Waals surface area contributed by atoms with E-state index >= 15 is 0 Å². The summed E-state index contributed by atoms with van der Waals surface area (Å²) in [5.41, 5.74) is 1.32. The smallest absolute Gasteiger partial charge is 0.215 e. The summed E-state index contributed by atoms with van der Waals surface area (Å²) in [6, 6.07) is 21.2. The molecule has 0 unspecified atom stereocenters. The lowest BCUT2D eigenvalue weighted by Gasteiger charge is -2.05. The zero-order chi connectivity index (χ0) is 17.7. The molecular weight excluding hydrogens is 368 g/mol. The highest BCUT2D eigenvalue weighted by molar-refractivity contribution is 7.99. The van der Waals surface area contributed by atoms with Gasteiger partial charge in [0.15, 0.2) is 0 Å². The lowest BCUT2D eigenvalue weighted by Crippen LogP contribution is -1.99. The molecule has 2 aromatic carbocycles. The van der Waals surface area contributed by atoms with Crippen LogP contribution in [0.5, 0.6) is 0 Å². The van der Waals surface area contributed by atoms with Gasteiger partial charge in [0.05, 0.1) is 4.90 Å². The molecule has 25 heavy (non-hydrogen) atoms. The highest BCUT2D eigenvalue weighted by atomic mass is 32.2. The van der Waals surface area contributed by atoms with Crippen LogP contribution in [0.1, 0.15) is 17.4 Å². The van der Waals surface area contributed by atoms with Gasteiger partial charge in [-0.15, -0.1) is 23.1 Å². The normalized spacial score (nSPS) is 11.6. The maximum absolute atomic E-state index is 12.7. The van der Waals surface area contributed by atoms with Gasteiger partial charge in [-0.05, 0) is 54.8 Å². The van der Waals surface area contributed by atoms with Crippen molar-refractivity contribution in [1.82, 2.24) is 0 Å². The summed E-state index contributed by atoms with van der Waals surface area (Å²) < 4.78 is 25.8. The van der Waals surface area contributed by atoms with Gasteiger partial charge in [-0.3, -0.25) is 0 Å². The summed E-state index contributed by atoms with van der Waals surface area (Å²) >= 11 is 3.10. The molecule has 0 aliphatic rings. The van der Waals surface area contributed by atoms with E-state index in [2.05, 4.69) is 12.1 Å². The van der Waals surface area contributed by atoms with E-state index in [-0.39, 0.29) is 0 Å². The van der Waals surface area contributed by atoms with Crippen LogP contribution in [0.4, 0.5) is 0 Å². The van der Waals surface area contributed by atoms with Crippen molar-refractivity contribution in [3.8, 4) is 0 Å². The van der Waals surface area contributed by atoms with Crippen molar-refractivity contribution in [3.63, 3.8) is 0 Å². The number of benzene rings is 2. The Balaban J connectivity index is 1.65. The van der Waals surface area contributed by atoms with Crippen LogP contribution in [0.3, 0.4) is 0 Å². The van der Waals surface area contributed by atoms with Crippen molar-refractivity contribution in [2.24, 2.45) is 0 Å². The highest BCUT2D eigenvalue weighted by Crippen LogP contribution is 2.29. The quantitative estimate of drug-likeness (QED) is 0.503. The van der Waals surface area contributed by atoms with Crippen LogP contribution < -0.4 is 0 Å². The molecule has 130 valence electrons. The molecular formula is C20H20O2S3. The fraction of sp³-hybridized carbons (Fsp3) is 0.200. The number of hydrogen-bond acceptors (Lipinski definition) is 4. The zero-order valence-corrected chi connectivity index (χ0v) is 16.5. The van der Waals surface area contributed by atoms with Crippen molar-refractivity contribution in [3.05, 3.63) is 77.2 Å². The fourth-order valence-electron chi connectivity index (χ4n) is 2.46. The zero-order valence-electron chi connectivity index (χ0n) is 14.0. The van der Waals surface area contributed by atoms with E-state index in [1.807, 2.05) is 43.3 Å².